The molecule has 3 heteroatoms. The third-order valence-corrected chi connectivity index (χ3v) is 0.454. The summed E-state index contributed by atoms with van der Waals surface area (Å²) in [5, 5.41) is 3.00. The van der Waals surface area contributed by atoms with E-state index in [1.54, 1.807) is 6.08 Å². The first-order valence-corrected chi connectivity index (χ1v) is 3.06. The Morgan fingerprint density at radius 1 is 1.64 bits per heavy atom. The summed E-state index contributed by atoms with van der Waals surface area (Å²) in [5.41, 5.74) is 0. The molecule has 1 aliphatic heterocycles. The van der Waals surface area contributed by atoms with Gasteiger partial charge >= 0.3 is 21.1 Å². The predicted molar refractivity (Wildman–Crippen MR) is 45.0 cm³/mol. The van der Waals surface area contributed by atoms with Crippen molar-refractivity contribution in [3.63, 3.8) is 0 Å². The van der Waals surface area contributed by atoms with Gasteiger partial charge in [-0.05, 0) is 0 Å². The summed E-state index contributed by atoms with van der Waals surface area (Å²) >= 11 is 0. The fraction of sp³-hybridized carbons (Fsp3) is 0.375. The molecule has 1 saturated heterocycles. The Kier molecular flexibility index (Phi) is 34.9. The maximum absolute atomic E-state index is 5.72. The number of hydrogen-bond donors (Lipinski definition) is 1. The SMILES string of the molecule is C1CN1.C=CC[CH2-].[C-]#[N+][CH2-].[W+2]. The maximum Gasteiger partial charge on any atom is 2.00 e. The van der Waals surface area contributed by atoms with Crippen LogP contribution in [-0.4, -0.2) is 13.1 Å². The summed E-state index contributed by atoms with van der Waals surface area (Å²) in [5.74, 6) is 0. The topological polar surface area (TPSA) is 26.3 Å². The monoisotopic (exact) mass is 322 g/mol. The van der Waals surface area contributed by atoms with Gasteiger partial charge in [-0.3, -0.25) is 6.57 Å². The Balaban J connectivity index is -0.0000000843. The van der Waals surface area contributed by atoms with Gasteiger partial charge in [-0.1, -0.05) is 7.05 Å². The van der Waals surface area contributed by atoms with Gasteiger partial charge in [0, 0.05) is 13.1 Å². The van der Waals surface area contributed by atoms with E-state index in [4.69, 9.17) is 6.57 Å². The average molecular weight is 322 g/mol. The van der Waals surface area contributed by atoms with Crippen molar-refractivity contribution >= 4 is 0 Å². The molecule has 0 aromatic carbocycles. The van der Waals surface area contributed by atoms with E-state index in [0.29, 0.717) is 0 Å². The van der Waals surface area contributed by atoms with Gasteiger partial charge in [-0.2, -0.15) is 6.42 Å². The molecule has 1 aliphatic rings. The molecule has 0 unspecified atom stereocenters. The van der Waals surface area contributed by atoms with Crippen LogP contribution in [0.3, 0.4) is 0 Å². The van der Waals surface area contributed by atoms with Gasteiger partial charge in [0.15, 0.2) is 0 Å². The Morgan fingerprint density at radius 2 is 1.82 bits per heavy atom. The predicted octanol–water partition coefficient (Wildman–Crippen LogP) is 1.68. The molecule has 0 radical (unpaired) electrons. The number of hydrogen-bond acceptors (Lipinski definition) is 1. The first-order valence-electron chi connectivity index (χ1n) is 3.06. The minimum Gasteiger partial charge on any atom is -0.464 e. The number of allylic oxidation sites excluding steroid dienone is 1. The first-order chi connectivity index (χ1) is 4.83. The second-order valence-corrected chi connectivity index (χ2v) is 1.49. The standard InChI is InChI=1S/C4H7.C2H5N.C2H2N.W/c1-3-4-2;1-2-3-1;1-3-2;/h3H,1-2,4H2;3H,1-2H2;1H2;/q-1;;-1;+2. The van der Waals surface area contributed by atoms with Gasteiger partial charge in [0.25, 0.3) is 0 Å². The van der Waals surface area contributed by atoms with Crippen molar-refractivity contribution in [1.82, 2.24) is 5.32 Å². The van der Waals surface area contributed by atoms with E-state index < -0.39 is 0 Å². The molecule has 0 aromatic rings. The van der Waals surface area contributed by atoms with Crippen LogP contribution >= 0.6 is 0 Å². The molecule has 0 spiro atoms. The zero-order valence-electron chi connectivity index (χ0n) is 6.68. The fourth-order valence-corrected chi connectivity index (χ4v) is 0. The van der Waals surface area contributed by atoms with Crippen molar-refractivity contribution in [2.24, 2.45) is 0 Å². The van der Waals surface area contributed by atoms with Crippen molar-refractivity contribution in [2.75, 3.05) is 13.1 Å². The quantitative estimate of drug-likeness (QED) is 0.444. The van der Waals surface area contributed by atoms with E-state index >= 15 is 0 Å². The zero-order valence-corrected chi connectivity index (χ0v) is 9.61. The van der Waals surface area contributed by atoms with E-state index in [-0.39, 0.29) is 21.1 Å². The van der Waals surface area contributed by atoms with Gasteiger partial charge in [-0.25, -0.2) is 0 Å². The molecule has 1 N–H and O–H groups in total. The Labute approximate surface area is 84.2 Å². The van der Waals surface area contributed by atoms with Crippen LogP contribution < -0.4 is 5.32 Å². The van der Waals surface area contributed by atoms with Crippen LogP contribution in [0.15, 0.2) is 12.7 Å². The van der Waals surface area contributed by atoms with E-state index in [2.05, 4.69) is 30.7 Å². The van der Waals surface area contributed by atoms with E-state index in [0.717, 1.165) is 6.42 Å². The van der Waals surface area contributed by atoms with Gasteiger partial charge in [-0.15, -0.1) is 12.7 Å². The number of nitrogens with zero attached hydrogens (tertiary/aromatic N) is 1. The first kappa shape index (κ1) is 17.0. The summed E-state index contributed by atoms with van der Waals surface area (Å²) in [7, 11) is 2.78. The molecule has 1 fully saturated rings. The second kappa shape index (κ2) is 22.6. The van der Waals surface area contributed by atoms with Crippen LogP contribution in [0, 0.1) is 20.5 Å². The van der Waals surface area contributed by atoms with Crippen LogP contribution in [0.2, 0.25) is 0 Å². The van der Waals surface area contributed by atoms with Crippen molar-refractivity contribution in [1.29, 1.82) is 0 Å². The Hall–Kier alpha value is -0.252. The Bertz CT molecular complexity index is 92.0. The van der Waals surface area contributed by atoms with Crippen LogP contribution in [0.4, 0.5) is 0 Å². The molecule has 0 aromatic heterocycles. The minimum absolute atomic E-state index is 0. The molecule has 1 heterocycles. The molecule has 0 amide bonds. The van der Waals surface area contributed by atoms with Gasteiger partial charge in [0.05, 0.1) is 0 Å². The van der Waals surface area contributed by atoms with Gasteiger partial charge < -0.3 is 17.1 Å². The maximum atomic E-state index is 5.72. The third-order valence-electron chi connectivity index (χ3n) is 0.454. The minimum atomic E-state index is 0. The normalized spacial score (nSPS) is 9.45. The van der Waals surface area contributed by atoms with Crippen LogP contribution in [0.1, 0.15) is 6.42 Å². The van der Waals surface area contributed by atoms with Crippen LogP contribution in [0.25, 0.3) is 4.85 Å². The van der Waals surface area contributed by atoms with Crippen molar-refractivity contribution in [3.8, 4) is 0 Å². The number of nitrogens with one attached hydrogen (secondary N) is 1. The second-order valence-electron chi connectivity index (χ2n) is 1.49. The molecule has 0 aliphatic carbocycles. The van der Waals surface area contributed by atoms with Gasteiger partial charge in [0.2, 0.25) is 0 Å². The summed E-state index contributed by atoms with van der Waals surface area (Å²) < 4.78 is 0. The molecule has 1 rings (SSSR count). The Morgan fingerprint density at radius 3 is 1.82 bits per heavy atom. The molecular weight excluding hydrogens is 308 g/mol. The van der Waals surface area contributed by atoms with E-state index in [9.17, 15) is 0 Å². The number of rotatable bonds is 1. The average Bonchev–Trinajstić information content (AvgIpc) is 2.73. The molecule has 0 atom stereocenters. The molecule has 0 saturated carbocycles. The molecule has 2 nitrogen and oxygen atoms in total. The van der Waals surface area contributed by atoms with E-state index in [1.165, 1.54) is 13.1 Å². The molecule has 0 bridgehead atoms. The van der Waals surface area contributed by atoms with Crippen LogP contribution in [-0.2, 0) is 21.1 Å². The third kappa shape index (κ3) is 191. The van der Waals surface area contributed by atoms with Crippen molar-refractivity contribution < 1.29 is 21.1 Å². The summed E-state index contributed by atoms with van der Waals surface area (Å²) in [6.07, 6.45) is 2.60. The van der Waals surface area contributed by atoms with Crippen LogP contribution in [0.5, 0.6) is 0 Å². The summed E-state index contributed by atoms with van der Waals surface area (Å²) in [6, 6.07) is 0. The van der Waals surface area contributed by atoms with E-state index in [1.807, 2.05) is 0 Å². The van der Waals surface area contributed by atoms with Gasteiger partial charge in [0.1, 0.15) is 0 Å². The zero-order chi connectivity index (χ0) is 8.24. The largest absolute Gasteiger partial charge is 2.00 e. The van der Waals surface area contributed by atoms with Crippen molar-refractivity contribution in [3.05, 3.63) is 38.0 Å². The van der Waals surface area contributed by atoms with Crippen molar-refractivity contribution in [2.45, 2.75) is 6.42 Å². The smallest absolute Gasteiger partial charge is 0.464 e. The molecule has 62 valence electrons. The summed E-state index contributed by atoms with van der Waals surface area (Å²) in [6.45, 7) is 15.1. The summed E-state index contributed by atoms with van der Waals surface area (Å²) in [4.78, 5) is 2.50. The fourth-order valence-electron chi connectivity index (χ4n) is 0. The molecular formula is C8H14N2W. The molecule has 11 heavy (non-hydrogen) atoms.